The highest BCUT2D eigenvalue weighted by molar-refractivity contribution is 5.15. The summed E-state index contributed by atoms with van der Waals surface area (Å²) in [7, 11) is 1.95. The van der Waals surface area contributed by atoms with E-state index in [1.165, 1.54) is 11.3 Å². The van der Waals surface area contributed by atoms with Crippen molar-refractivity contribution in [3.8, 4) is 0 Å². The van der Waals surface area contributed by atoms with Crippen molar-refractivity contribution in [2.45, 2.75) is 40.4 Å². The lowest BCUT2D eigenvalue weighted by Gasteiger charge is -2.06. The van der Waals surface area contributed by atoms with E-state index >= 15 is 0 Å². The Morgan fingerprint density at radius 1 is 1.22 bits per heavy atom. The maximum absolute atomic E-state index is 4.44. The standard InChI is InChI=1S/C13H21N5/c1-5-18-13(6-10(2)15-18)8-14-7-12-9-17(4)16-11(12)3/h6,9,14H,5,7-8H2,1-4H3. The fraction of sp³-hybridized carbons (Fsp3) is 0.538. The molecule has 5 nitrogen and oxygen atoms in total. The Labute approximate surface area is 108 Å². The first-order valence-electron chi connectivity index (χ1n) is 6.33. The molecule has 0 saturated carbocycles. The Morgan fingerprint density at radius 3 is 2.61 bits per heavy atom. The molecule has 2 aromatic rings. The quantitative estimate of drug-likeness (QED) is 0.872. The molecule has 0 aliphatic rings. The molecule has 0 bridgehead atoms. The van der Waals surface area contributed by atoms with E-state index in [0.29, 0.717) is 0 Å². The average Bonchev–Trinajstić information content (AvgIpc) is 2.82. The van der Waals surface area contributed by atoms with Crippen LogP contribution in [0.4, 0.5) is 0 Å². The molecule has 0 unspecified atom stereocenters. The smallest absolute Gasteiger partial charge is 0.0638 e. The van der Waals surface area contributed by atoms with Crippen molar-refractivity contribution in [1.29, 1.82) is 0 Å². The van der Waals surface area contributed by atoms with Gasteiger partial charge in [0.05, 0.1) is 17.1 Å². The van der Waals surface area contributed by atoms with Gasteiger partial charge in [-0.25, -0.2) is 0 Å². The van der Waals surface area contributed by atoms with E-state index in [0.717, 1.165) is 31.0 Å². The van der Waals surface area contributed by atoms with Gasteiger partial charge in [-0.2, -0.15) is 10.2 Å². The van der Waals surface area contributed by atoms with Gasteiger partial charge in [-0.15, -0.1) is 0 Å². The van der Waals surface area contributed by atoms with Gasteiger partial charge in [-0.3, -0.25) is 9.36 Å². The molecule has 5 heteroatoms. The van der Waals surface area contributed by atoms with Crippen LogP contribution < -0.4 is 5.32 Å². The summed E-state index contributed by atoms with van der Waals surface area (Å²) < 4.78 is 3.89. The van der Waals surface area contributed by atoms with Crippen molar-refractivity contribution < 1.29 is 0 Å². The van der Waals surface area contributed by atoms with E-state index in [1.807, 2.05) is 30.3 Å². The van der Waals surface area contributed by atoms with Crippen molar-refractivity contribution in [3.63, 3.8) is 0 Å². The Kier molecular flexibility index (Phi) is 3.81. The molecule has 0 aliphatic heterocycles. The van der Waals surface area contributed by atoms with Crippen LogP contribution in [0.15, 0.2) is 12.3 Å². The average molecular weight is 247 g/mol. The van der Waals surface area contributed by atoms with Crippen LogP contribution in [0.25, 0.3) is 0 Å². The van der Waals surface area contributed by atoms with Crippen molar-refractivity contribution in [1.82, 2.24) is 24.9 Å². The largest absolute Gasteiger partial charge is 0.307 e. The maximum Gasteiger partial charge on any atom is 0.0638 e. The zero-order valence-electron chi connectivity index (χ0n) is 11.6. The molecule has 0 aromatic carbocycles. The zero-order chi connectivity index (χ0) is 13.1. The lowest BCUT2D eigenvalue weighted by molar-refractivity contribution is 0.578. The Balaban J connectivity index is 1.94. The minimum absolute atomic E-state index is 0.836. The van der Waals surface area contributed by atoms with Crippen LogP contribution in [0.5, 0.6) is 0 Å². The summed E-state index contributed by atoms with van der Waals surface area (Å²) in [6, 6.07) is 2.13. The number of hydrogen-bond acceptors (Lipinski definition) is 3. The molecule has 0 spiro atoms. The highest BCUT2D eigenvalue weighted by Crippen LogP contribution is 2.06. The number of hydrogen-bond donors (Lipinski definition) is 1. The van der Waals surface area contributed by atoms with Gasteiger partial charge in [-0.1, -0.05) is 0 Å². The van der Waals surface area contributed by atoms with E-state index < -0.39 is 0 Å². The molecule has 0 amide bonds. The molecule has 18 heavy (non-hydrogen) atoms. The Morgan fingerprint density at radius 2 is 2.00 bits per heavy atom. The molecule has 2 heterocycles. The van der Waals surface area contributed by atoms with E-state index in [9.17, 15) is 0 Å². The fourth-order valence-electron chi connectivity index (χ4n) is 2.16. The molecule has 98 valence electrons. The molecular weight excluding hydrogens is 226 g/mol. The predicted molar refractivity (Wildman–Crippen MR) is 71.1 cm³/mol. The number of rotatable bonds is 5. The van der Waals surface area contributed by atoms with Gasteiger partial charge >= 0.3 is 0 Å². The molecule has 2 aromatic heterocycles. The van der Waals surface area contributed by atoms with E-state index in [2.05, 4.69) is 34.7 Å². The van der Waals surface area contributed by atoms with Gasteiger partial charge in [-0.05, 0) is 26.8 Å². The van der Waals surface area contributed by atoms with Crippen LogP contribution in [0.3, 0.4) is 0 Å². The van der Waals surface area contributed by atoms with Crippen LogP contribution in [-0.2, 0) is 26.7 Å². The van der Waals surface area contributed by atoms with Gasteiger partial charge in [0.1, 0.15) is 0 Å². The summed E-state index contributed by atoms with van der Waals surface area (Å²) in [5.41, 5.74) is 4.64. The minimum atomic E-state index is 0.836. The molecule has 0 fully saturated rings. The Bertz CT molecular complexity index is 523. The third kappa shape index (κ3) is 2.79. The van der Waals surface area contributed by atoms with Gasteiger partial charge in [0.2, 0.25) is 0 Å². The van der Waals surface area contributed by atoms with E-state index in [1.54, 1.807) is 0 Å². The lowest BCUT2D eigenvalue weighted by atomic mass is 10.2. The van der Waals surface area contributed by atoms with Crippen molar-refractivity contribution in [3.05, 3.63) is 34.9 Å². The van der Waals surface area contributed by atoms with Crippen LogP contribution in [-0.4, -0.2) is 19.6 Å². The van der Waals surface area contributed by atoms with Crippen LogP contribution in [0.1, 0.15) is 29.6 Å². The van der Waals surface area contributed by atoms with E-state index in [4.69, 9.17) is 0 Å². The predicted octanol–water partition coefficient (Wildman–Crippen LogP) is 1.54. The van der Waals surface area contributed by atoms with Crippen LogP contribution in [0, 0.1) is 13.8 Å². The number of aryl methyl sites for hydroxylation is 4. The first kappa shape index (κ1) is 12.8. The zero-order valence-corrected chi connectivity index (χ0v) is 11.6. The highest BCUT2D eigenvalue weighted by atomic mass is 15.3. The van der Waals surface area contributed by atoms with Gasteiger partial charge in [0.15, 0.2) is 0 Å². The van der Waals surface area contributed by atoms with Gasteiger partial charge in [0.25, 0.3) is 0 Å². The van der Waals surface area contributed by atoms with Gasteiger partial charge < -0.3 is 5.32 Å². The SMILES string of the molecule is CCn1nc(C)cc1CNCc1cn(C)nc1C. The summed E-state index contributed by atoms with van der Waals surface area (Å²) in [4.78, 5) is 0. The molecule has 0 atom stereocenters. The third-order valence-corrected chi connectivity index (χ3v) is 3.02. The number of nitrogens with one attached hydrogen (secondary N) is 1. The summed E-state index contributed by atoms with van der Waals surface area (Å²) in [5.74, 6) is 0. The first-order chi connectivity index (χ1) is 8.60. The first-order valence-corrected chi connectivity index (χ1v) is 6.33. The van der Waals surface area contributed by atoms with Gasteiger partial charge in [0, 0.05) is 38.4 Å². The molecular formula is C13H21N5. The lowest BCUT2D eigenvalue weighted by Crippen LogP contribution is -2.16. The number of aromatic nitrogens is 4. The van der Waals surface area contributed by atoms with Crippen LogP contribution >= 0.6 is 0 Å². The summed E-state index contributed by atoms with van der Waals surface area (Å²) in [5, 5.41) is 12.2. The maximum atomic E-state index is 4.44. The monoisotopic (exact) mass is 247 g/mol. The summed E-state index contributed by atoms with van der Waals surface area (Å²) in [6.07, 6.45) is 2.06. The molecule has 0 saturated heterocycles. The van der Waals surface area contributed by atoms with Crippen LogP contribution in [0.2, 0.25) is 0 Å². The minimum Gasteiger partial charge on any atom is -0.307 e. The normalized spacial score (nSPS) is 11.1. The third-order valence-electron chi connectivity index (χ3n) is 3.02. The fourth-order valence-corrected chi connectivity index (χ4v) is 2.16. The molecule has 2 rings (SSSR count). The van der Waals surface area contributed by atoms with Crippen molar-refractivity contribution in [2.75, 3.05) is 0 Å². The Hall–Kier alpha value is -1.62. The van der Waals surface area contributed by atoms with E-state index in [-0.39, 0.29) is 0 Å². The summed E-state index contributed by atoms with van der Waals surface area (Å²) >= 11 is 0. The second-order valence-electron chi connectivity index (χ2n) is 4.61. The topological polar surface area (TPSA) is 47.7 Å². The molecule has 1 N–H and O–H groups in total. The summed E-state index contributed by atoms with van der Waals surface area (Å²) in [6.45, 7) is 8.77. The highest BCUT2D eigenvalue weighted by Gasteiger charge is 2.05. The molecule has 0 radical (unpaired) electrons. The van der Waals surface area contributed by atoms with Crippen molar-refractivity contribution in [2.24, 2.45) is 7.05 Å². The van der Waals surface area contributed by atoms with Crippen molar-refractivity contribution >= 4 is 0 Å². The second-order valence-corrected chi connectivity index (χ2v) is 4.61. The second kappa shape index (κ2) is 5.35. The number of nitrogens with zero attached hydrogens (tertiary/aromatic N) is 4. The molecule has 0 aliphatic carbocycles.